The van der Waals surface area contributed by atoms with Crippen molar-refractivity contribution >= 4 is 16.5 Å². The van der Waals surface area contributed by atoms with Gasteiger partial charge in [-0.15, -0.1) is 0 Å². The molecule has 2 aromatic carbocycles. The molecule has 2 rings (SSSR count). The van der Waals surface area contributed by atoms with E-state index >= 15 is 0 Å². The third-order valence-corrected chi connectivity index (χ3v) is 3.68. The van der Waals surface area contributed by atoms with Crippen LogP contribution in [-0.2, 0) is 0 Å². The van der Waals surface area contributed by atoms with Crippen LogP contribution in [0.2, 0.25) is 0 Å². The number of hydrogen-bond donors (Lipinski definition) is 2. The zero-order chi connectivity index (χ0) is 14.4. The van der Waals surface area contributed by atoms with Crippen molar-refractivity contribution in [2.45, 2.75) is 20.0 Å². The van der Waals surface area contributed by atoms with Gasteiger partial charge in [0, 0.05) is 24.2 Å². The highest BCUT2D eigenvalue weighted by Gasteiger charge is 2.09. The van der Waals surface area contributed by atoms with E-state index in [1.807, 2.05) is 18.2 Å². The summed E-state index contributed by atoms with van der Waals surface area (Å²) in [5, 5.41) is 15.9. The lowest BCUT2D eigenvalue weighted by Crippen LogP contribution is -2.35. The molecule has 2 aromatic rings. The standard InChI is InChI=1S/C17H24N2O/c1-3-19(4-2)13-15(20)12-18-17-11-7-9-14-8-5-6-10-16(14)17/h5-11,15,18,20H,3-4,12-13H2,1-2H3/t15-/m0/s1. The molecular formula is C17H24N2O. The summed E-state index contributed by atoms with van der Waals surface area (Å²) in [6, 6.07) is 14.5. The van der Waals surface area contributed by atoms with Crippen LogP contribution in [0.15, 0.2) is 42.5 Å². The lowest BCUT2D eigenvalue weighted by atomic mass is 10.1. The van der Waals surface area contributed by atoms with Crippen LogP contribution >= 0.6 is 0 Å². The third kappa shape index (κ3) is 3.71. The normalized spacial score (nSPS) is 12.8. The maximum atomic E-state index is 10.1. The Balaban J connectivity index is 1.99. The van der Waals surface area contributed by atoms with E-state index in [1.165, 1.54) is 10.8 Å². The number of nitrogens with one attached hydrogen (secondary N) is 1. The number of benzene rings is 2. The lowest BCUT2D eigenvalue weighted by Gasteiger charge is -2.22. The molecule has 0 unspecified atom stereocenters. The second-order valence-corrected chi connectivity index (χ2v) is 5.05. The van der Waals surface area contributed by atoms with E-state index in [0.717, 1.165) is 18.8 Å². The summed E-state index contributed by atoms with van der Waals surface area (Å²) in [6.45, 7) is 7.47. The van der Waals surface area contributed by atoms with Crippen LogP contribution in [-0.4, -0.2) is 42.3 Å². The van der Waals surface area contributed by atoms with Gasteiger partial charge in [-0.2, -0.15) is 0 Å². The fourth-order valence-electron chi connectivity index (χ4n) is 2.45. The van der Waals surface area contributed by atoms with E-state index in [4.69, 9.17) is 0 Å². The van der Waals surface area contributed by atoms with Crippen molar-refractivity contribution in [2.75, 3.05) is 31.5 Å². The summed E-state index contributed by atoms with van der Waals surface area (Å²) >= 11 is 0. The maximum absolute atomic E-state index is 10.1. The van der Waals surface area contributed by atoms with Crippen molar-refractivity contribution in [2.24, 2.45) is 0 Å². The molecule has 3 nitrogen and oxygen atoms in total. The molecule has 0 aromatic heterocycles. The Kier molecular flexibility index (Phi) is 5.39. The van der Waals surface area contributed by atoms with Crippen molar-refractivity contribution in [3.63, 3.8) is 0 Å². The first-order valence-corrected chi connectivity index (χ1v) is 7.36. The van der Waals surface area contributed by atoms with Gasteiger partial charge in [0.2, 0.25) is 0 Å². The molecule has 1 atom stereocenters. The van der Waals surface area contributed by atoms with E-state index in [1.54, 1.807) is 0 Å². The molecule has 2 N–H and O–H groups in total. The Labute approximate surface area is 121 Å². The Morgan fingerprint density at radius 1 is 1.05 bits per heavy atom. The quantitative estimate of drug-likeness (QED) is 0.813. The molecule has 108 valence electrons. The Bertz CT molecular complexity index is 532. The molecule has 0 heterocycles. The first kappa shape index (κ1) is 14.8. The van der Waals surface area contributed by atoms with Gasteiger partial charge >= 0.3 is 0 Å². The maximum Gasteiger partial charge on any atom is 0.0839 e. The fourth-order valence-corrected chi connectivity index (χ4v) is 2.45. The van der Waals surface area contributed by atoms with Crippen molar-refractivity contribution in [1.82, 2.24) is 4.90 Å². The largest absolute Gasteiger partial charge is 0.390 e. The van der Waals surface area contributed by atoms with Crippen molar-refractivity contribution in [3.05, 3.63) is 42.5 Å². The Morgan fingerprint density at radius 2 is 1.75 bits per heavy atom. The van der Waals surface area contributed by atoms with Crippen molar-refractivity contribution < 1.29 is 5.11 Å². The summed E-state index contributed by atoms with van der Waals surface area (Å²) in [5.74, 6) is 0. The SMILES string of the molecule is CCN(CC)C[C@@H](O)CNc1cccc2ccccc12. The van der Waals surface area contributed by atoms with Crippen LogP contribution in [0.25, 0.3) is 10.8 Å². The molecule has 0 aliphatic rings. The Hall–Kier alpha value is -1.58. The van der Waals surface area contributed by atoms with Gasteiger partial charge in [0.25, 0.3) is 0 Å². The number of aliphatic hydroxyl groups is 1. The summed E-state index contributed by atoms with van der Waals surface area (Å²) in [5.41, 5.74) is 1.08. The van der Waals surface area contributed by atoms with Crippen LogP contribution < -0.4 is 5.32 Å². The minimum Gasteiger partial charge on any atom is -0.390 e. The van der Waals surface area contributed by atoms with E-state index in [9.17, 15) is 5.11 Å². The fraction of sp³-hybridized carbons (Fsp3) is 0.412. The molecule has 0 aliphatic heterocycles. The minimum atomic E-state index is -0.353. The molecule has 0 fully saturated rings. The molecule has 0 amide bonds. The number of aliphatic hydroxyl groups excluding tert-OH is 1. The van der Waals surface area contributed by atoms with Gasteiger partial charge in [0.15, 0.2) is 0 Å². The van der Waals surface area contributed by atoms with Gasteiger partial charge in [-0.1, -0.05) is 50.2 Å². The van der Waals surface area contributed by atoms with Crippen molar-refractivity contribution in [1.29, 1.82) is 0 Å². The molecule has 0 spiro atoms. The number of nitrogens with zero attached hydrogens (tertiary/aromatic N) is 1. The zero-order valence-electron chi connectivity index (χ0n) is 12.3. The van der Waals surface area contributed by atoms with E-state index in [2.05, 4.69) is 48.3 Å². The third-order valence-electron chi connectivity index (χ3n) is 3.68. The average Bonchev–Trinajstić information content (AvgIpc) is 2.50. The van der Waals surface area contributed by atoms with Gasteiger partial charge in [-0.25, -0.2) is 0 Å². The molecule has 0 aliphatic carbocycles. The highest BCUT2D eigenvalue weighted by molar-refractivity contribution is 5.93. The van der Waals surface area contributed by atoms with Gasteiger partial charge < -0.3 is 15.3 Å². The second-order valence-electron chi connectivity index (χ2n) is 5.05. The van der Waals surface area contributed by atoms with E-state index in [0.29, 0.717) is 13.1 Å². The topological polar surface area (TPSA) is 35.5 Å². The van der Waals surface area contributed by atoms with Crippen LogP contribution in [0.3, 0.4) is 0 Å². The summed E-state index contributed by atoms with van der Waals surface area (Å²) < 4.78 is 0. The van der Waals surface area contributed by atoms with E-state index < -0.39 is 0 Å². The molecule has 0 radical (unpaired) electrons. The second kappa shape index (κ2) is 7.27. The van der Waals surface area contributed by atoms with Gasteiger partial charge in [0.05, 0.1) is 6.10 Å². The number of anilines is 1. The highest BCUT2D eigenvalue weighted by Crippen LogP contribution is 2.22. The lowest BCUT2D eigenvalue weighted by molar-refractivity contribution is 0.128. The molecule has 0 saturated heterocycles. The number of fused-ring (bicyclic) bond motifs is 1. The smallest absolute Gasteiger partial charge is 0.0839 e. The predicted octanol–water partition coefficient (Wildman–Crippen LogP) is 2.95. The first-order chi connectivity index (χ1) is 9.74. The highest BCUT2D eigenvalue weighted by atomic mass is 16.3. The molecular weight excluding hydrogens is 248 g/mol. The summed E-state index contributed by atoms with van der Waals surface area (Å²) in [6.07, 6.45) is -0.353. The zero-order valence-corrected chi connectivity index (χ0v) is 12.3. The molecule has 20 heavy (non-hydrogen) atoms. The molecule has 0 bridgehead atoms. The molecule has 0 saturated carbocycles. The van der Waals surface area contributed by atoms with Crippen LogP contribution in [0.5, 0.6) is 0 Å². The van der Waals surface area contributed by atoms with Gasteiger partial charge in [-0.3, -0.25) is 0 Å². The summed E-state index contributed by atoms with van der Waals surface area (Å²) in [7, 11) is 0. The number of hydrogen-bond acceptors (Lipinski definition) is 3. The van der Waals surface area contributed by atoms with Crippen molar-refractivity contribution in [3.8, 4) is 0 Å². The average molecular weight is 272 g/mol. The number of likely N-dealkylation sites (N-methyl/N-ethyl adjacent to an activating group) is 1. The molecule has 3 heteroatoms. The van der Waals surface area contributed by atoms with Crippen LogP contribution in [0.4, 0.5) is 5.69 Å². The van der Waals surface area contributed by atoms with E-state index in [-0.39, 0.29) is 6.10 Å². The predicted molar refractivity (Wildman–Crippen MR) is 86.2 cm³/mol. The van der Waals surface area contributed by atoms with Gasteiger partial charge in [0.1, 0.15) is 0 Å². The summed E-state index contributed by atoms with van der Waals surface area (Å²) in [4.78, 5) is 2.23. The van der Waals surface area contributed by atoms with Gasteiger partial charge in [-0.05, 0) is 24.5 Å². The number of rotatable bonds is 7. The minimum absolute atomic E-state index is 0.353. The Morgan fingerprint density at radius 3 is 2.50 bits per heavy atom. The van der Waals surface area contributed by atoms with Crippen LogP contribution in [0.1, 0.15) is 13.8 Å². The first-order valence-electron chi connectivity index (χ1n) is 7.36. The monoisotopic (exact) mass is 272 g/mol. The van der Waals surface area contributed by atoms with Crippen LogP contribution in [0, 0.1) is 0 Å².